The number of aryl methyl sites for hydroxylation is 1. The molecule has 0 atom stereocenters. The molecule has 2 heterocycles. The molecule has 3 rings (SSSR count). The summed E-state index contributed by atoms with van der Waals surface area (Å²) in [6.07, 6.45) is 1.36. The molecule has 5 N–H and O–H groups in total. The van der Waals surface area contributed by atoms with E-state index in [2.05, 4.69) is 31.2 Å². The molecule has 0 radical (unpaired) electrons. The molecule has 30 heavy (non-hydrogen) atoms. The lowest BCUT2D eigenvalue weighted by atomic mass is 10.2. The average molecular weight is 406 g/mol. The molecule has 0 aliphatic heterocycles. The van der Waals surface area contributed by atoms with Crippen molar-refractivity contribution in [1.82, 2.24) is 15.3 Å². The third-order valence-electron chi connectivity index (χ3n) is 4.02. The van der Waals surface area contributed by atoms with Crippen molar-refractivity contribution in [2.75, 3.05) is 22.5 Å². The largest absolute Gasteiger partial charge is 0.355 e. The number of rotatable bonds is 6. The molecule has 0 fully saturated rings. The molecule has 0 saturated carbocycles. The van der Waals surface area contributed by atoms with E-state index in [1.54, 1.807) is 26.0 Å². The number of carbonyl (C=O) groups excluding carboxylic acids is 2. The Morgan fingerprint density at radius 3 is 2.50 bits per heavy atom. The number of aromatic amines is 1. The lowest BCUT2D eigenvalue weighted by Crippen LogP contribution is -2.28. The minimum atomic E-state index is -0.449. The van der Waals surface area contributed by atoms with Crippen LogP contribution in [0, 0.1) is 6.92 Å². The van der Waals surface area contributed by atoms with Gasteiger partial charge in [-0.05, 0) is 32.0 Å². The number of urea groups is 1. The number of aromatic nitrogens is 2. The van der Waals surface area contributed by atoms with Crippen LogP contribution in [0.5, 0.6) is 0 Å². The van der Waals surface area contributed by atoms with Crippen molar-refractivity contribution in [3.8, 4) is 0 Å². The zero-order valence-corrected chi connectivity index (χ0v) is 16.6. The SMILES string of the molecule is CCNC(=O)Nc1cc(Nc2ccccc2)c(C(=O)Nc2cc(C)[nH]c(=O)c2)cn1. The number of benzene rings is 1. The molecule has 3 amide bonds. The first kappa shape index (κ1) is 20.6. The summed E-state index contributed by atoms with van der Waals surface area (Å²) in [7, 11) is 0. The molecule has 154 valence electrons. The number of pyridine rings is 2. The Morgan fingerprint density at radius 2 is 1.80 bits per heavy atom. The van der Waals surface area contributed by atoms with E-state index < -0.39 is 11.9 Å². The van der Waals surface area contributed by atoms with Gasteiger partial charge in [0.15, 0.2) is 0 Å². The van der Waals surface area contributed by atoms with E-state index in [0.29, 0.717) is 23.6 Å². The zero-order valence-electron chi connectivity index (χ0n) is 16.6. The highest BCUT2D eigenvalue weighted by Gasteiger charge is 2.15. The predicted molar refractivity (Wildman–Crippen MR) is 116 cm³/mol. The second-order valence-electron chi connectivity index (χ2n) is 6.46. The number of amides is 3. The van der Waals surface area contributed by atoms with Crippen molar-refractivity contribution < 1.29 is 9.59 Å². The molecule has 0 saturated heterocycles. The first-order valence-electron chi connectivity index (χ1n) is 9.34. The van der Waals surface area contributed by atoms with Crippen LogP contribution in [0.3, 0.4) is 0 Å². The molecule has 0 aliphatic rings. The molecule has 0 aliphatic carbocycles. The van der Waals surface area contributed by atoms with E-state index >= 15 is 0 Å². The Hall–Kier alpha value is -4.14. The molecular weight excluding hydrogens is 384 g/mol. The van der Waals surface area contributed by atoms with Crippen molar-refractivity contribution in [3.63, 3.8) is 0 Å². The highest BCUT2D eigenvalue weighted by molar-refractivity contribution is 6.08. The van der Waals surface area contributed by atoms with E-state index in [9.17, 15) is 14.4 Å². The van der Waals surface area contributed by atoms with Crippen LogP contribution in [-0.2, 0) is 0 Å². The van der Waals surface area contributed by atoms with Gasteiger partial charge in [-0.15, -0.1) is 0 Å². The Labute approximate surface area is 172 Å². The topological polar surface area (TPSA) is 128 Å². The van der Waals surface area contributed by atoms with Gasteiger partial charge in [0, 0.05) is 41.9 Å². The number of para-hydroxylation sites is 1. The van der Waals surface area contributed by atoms with Crippen LogP contribution in [0.4, 0.5) is 27.7 Å². The van der Waals surface area contributed by atoms with E-state index in [-0.39, 0.29) is 16.9 Å². The van der Waals surface area contributed by atoms with Gasteiger partial charge < -0.3 is 20.9 Å². The number of nitrogens with one attached hydrogen (secondary N) is 5. The Bertz CT molecular complexity index is 1110. The summed E-state index contributed by atoms with van der Waals surface area (Å²) in [5.74, 6) is -0.168. The molecular formula is C21H22N6O3. The van der Waals surface area contributed by atoms with Crippen molar-refractivity contribution in [2.24, 2.45) is 0 Å². The number of anilines is 4. The fraction of sp³-hybridized carbons (Fsp3) is 0.143. The van der Waals surface area contributed by atoms with Gasteiger partial charge in [0.1, 0.15) is 5.82 Å². The van der Waals surface area contributed by atoms with Crippen LogP contribution in [0.15, 0.2) is 59.5 Å². The van der Waals surface area contributed by atoms with Gasteiger partial charge in [-0.25, -0.2) is 9.78 Å². The van der Waals surface area contributed by atoms with Gasteiger partial charge in [-0.2, -0.15) is 0 Å². The molecule has 0 spiro atoms. The minimum Gasteiger partial charge on any atom is -0.355 e. The normalized spacial score (nSPS) is 10.2. The lowest BCUT2D eigenvalue weighted by Gasteiger charge is -2.14. The van der Waals surface area contributed by atoms with E-state index in [4.69, 9.17) is 0 Å². The monoisotopic (exact) mass is 406 g/mol. The standard InChI is InChI=1S/C21H22N6O3/c1-3-22-21(30)27-18-11-17(25-14-7-5-4-6-8-14)16(12-23-18)20(29)26-15-9-13(2)24-19(28)10-15/h4-12H,3H2,1-2H3,(H2,24,26,28,29)(H3,22,23,25,27,30). The first-order valence-corrected chi connectivity index (χ1v) is 9.34. The molecule has 1 aromatic carbocycles. The summed E-state index contributed by atoms with van der Waals surface area (Å²) in [5.41, 5.74) is 2.14. The lowest BCUT2D eigenvalue weighted by molar-refractivity contribution is 0.102. The summed E-state index contributed by atoms with van der Waals surface area (Å²) in [5, 5.41) is 11.1. The van der Waals surface area contributed by atoms with Gasteiger partial charge >= 0.3 is 6.03 Å². The molecule has 3 aromatic rings. The van der Waals surface area contributed by atoms with Crippen molar-refractivity contribution in [2.45, 2.75) is 13.8 Å². The third kappa shape index (κ3) is 5.44. The summed E-state index contributed by atoms with van der Waals surface area (Å²) in [6.45, 7) is 4.00. The summed E-state index contributed by atoms with van der Waals surface area (Å²) < 4.78 is 0. The van der Waals surface area contributed by atoms with Crippen LogP contribution in [0.25, 0.3) is 0 Å². The zero-order chi connectivity index (χ0) is 21.5. The maximum absolute atomic E-state index is 12.9. The quantitative estimate of drug-likeness (QED) is 0.429. The first-order chi connectivity index (χ1) is 14.4. The van der Waals surface area contributed by atoms with E-state index in [1.165, 1.54) is 12.3 Å². The second-order valence-corrected chi connectivity index (χ2v) is 6.46. The van der Waals surface area contributed by atoms with Crippen molar-refractivity contribution in [1.29, 1.82) is 0 Å². The fourth-order valence-electron chi connectivity index (χ4n) is 2.76. The number of carbonyl (C=O) groups is 2. The van der Waals surface area contributed by atoms with Crippen molar-refractivity contribution >= 4 is 34.8 Å². The minimum absolute atomic E-state index is 0.248. The highest BCUT2D eigenvalue weighted by atomic mass is 16.2. The summed E-state index contributed by atoms with van der Waals surface area (Å²) in [4.78, 5) is 43.1. The van der Waals surface area contributed by atoms with Crippen LogP contribution in [-0.4, -0.2) is 28.5 Å². The van der Waals surface area contributed by atoms with Gasteiger partial charge in [-0.3, -0.25) is 14.9 Å². The third-order valence-corrected chi connectivity index (χ3v) is 4.02. The molecule has 9 nitrogen and oxygen atoms in total. The fourth-order valence-corrected chi connectivity index (χ4v) is 2.76. The molecule has 2 aromatic heterocycles. The number of nitrogens with zero attached hydrogens (tertiary/aromatic N) is 1. The van der Waals surface area contributed by atoms with Crippen LogP contribution in [0.2, 0.25) is 0 Å². The predicted octanol–water partition coefficient (Wildman–Crippen LogP) is 3.22. The number of H-pyrrole nitrogens is 1. The Kier molecular flexibility index (Phi) is 6.43. The van der Waals surface area contributed by atoms with E-state index in [1.807, 2.05) is 30.3 Å². The number of hydrogen-bond acceptors (Lipinski definition) is 5. The second kappa shape index (κ2) is 9.37. The smallest absolute Gasteiger partial charge is 0.320 e. The molecule has 0 unspecified atom stereocenters. The summed E-state index contributed by atoms with van der Waals surface area (Å²) >= 11 is 0. The maximum atomic E-state index is 12.9. The van der Waals surface area contributed by atoms with Gasteiger partial charge in [0.25, 0.3) is 5.91 Å². The average Bonchev–Trinajstić information content (AvgIpc) is 2.68. The van der Waals surface area contributed by atoms with Crippen molar-refractivity contribution in [3.05, 3.63) is 76.3 Å². The maximum Gasteiger partial charge on any atom is 0.320 e. The van der Waals surface area contributed by atoms with Gasteiger partial charge in [-0.1, -0.05) is 18.2 Å². The van der Waals surface area contributed by atoms with E-state index in [0.717, 1.165) is 5.69 Å². The van der Waals surface area contributed by atoms with Crippen LogP contribution in [0.1, 0.15) is 23.0 Å². The van der Waals surface area contributed by atoms with Crippen LogP contribution >= 0.6 is 0 Å². The number of hydrogen-bond donors (Lipinski definition) is 5. The highest BCUT2D eigenvalue weighted by Crippen LogP contribution is 2.24. The Morgan fingerprint density at radius 1 is 1.03 bits per heavy atom. The molecule has 9 heteroatoms. The van der Waals surface area contributed by atoms with Crippen LogP contribution < -0.4 is 26.8 Å². The van der Waals surface area contributed by atoms with Gasteiger partial charge in [0.05, 0.1) is 11.3 Å². The summed E-state index contributed by atoms with van der Waals surface area (Å²) in [6, 6.07) is 13.4. The van der Waals surface area contributed by atoms with Gasteiger partial charge in [0.2, 0.25) is 5.56 Å². The molecule has 0 bridgehead atoms. The Balaban J connectivity index is 1.91.